The van der Waals surface area contributed by atoms with Gasteiger partial charge in [0.05, 0.1) is 13.2 Å². The zero-order chi connectivity index (χ0) is 18.4. The van der Waals surface area contributed by atoms with E-state index in [9.17, 15) is 4.79 Å². The van der Waals surface area contributed by atoms with Gasteiger partial charge in [-0.1, -0.05) is 23.7 Å². The predicted octanol–water partition coefficient (Wildman–Crippen LogP) is 1.58. The lowest BCUT2D eigenvalue weighted by atomic mass is 10.2. The van der Waals surface area contributed by atoms with Gasteiger partial charge in [0.1, 0.15) is 0 Å². The van der Waals surface area contributed by atoms with Crippen LogP contribution in [0.5, 0.6) is 0 Å². The average Bonchev–Trinajstić information content (AvgIpc) is 3.09. The topological polar surface area (TPSA) is 87.6 Å². The molecule has 0 unspecified atom stereocenters. The van der Waals surface area contributed by atoms with Gasteiger partial charge in [-0.05, 0) is 29.6 Å². The fourth-order valence-electron chi connectivity index (χ4n) is 2.37. The Hall–Kier alpha value is -2.17. The van der Waals surface area contributed by atoms with Crippen LogP contribution in [0.25, 0.3) is 0 Å². The van der Waals surface area contributed by atoms with Crippen molar-refractivity contribution >= 4 is 41.9 Å². The van der Waals surface area contributed by atoms with Crippen molar-refractivity contribution in [2.45, 2.75) is 6.54 Å². The van der Waals surface area contributed by atoms with Gasteiger partial charge in [0.25, 0.3) is 0 Å². The number of morpholine rings is 1. The Morgan fingerprint density at radius 3 is 2.73 bits per heavy atom. The maximum absolute atomic E-state index is 11.1. The second-order valence-electron chi connectivity index (χ2n) is 5.44. The molecule has 11 heteroatoms. The SMILES string of the molecule is CSN(C=O)Nn1nc(N2CCOCC2)nc1NCc1ccc(Cl)cc1. The van der Waals surface area contributed by atoms with Crippen molar-refractivity contribution in [2.24, 2.45) is 0 Å². The van der Waals surface area contributed by atoms with Gasteiger partial charge in [-0.2, -0.15) is 9.40 Å². The molecule has 0 radical (unpaired) electrons. The second-order valence-corrected chi connectivity index (χ2v) is 6.64. The molecule has 2 heterocycles. The number of amides is 1. The van der Waals surface area contributed by atoms with Crippen molar-refractivity contribution in [1.29, 1.82) is 0 Å². The van der Waals surface area contributed by atoms with Gasteiger partial charge in [0.15, 0.2) is 0 Å². The molecule has 0 atom stereocenters. The Kier molecular flexibility index (Phi) is 6.42. The van der Waals surface area contributed by atoms with Crippen LogP contribution in [0.15, 0.2) is 24.3 Å². The number of hydrogen-bond acceptors (Lipinski definition) is 8. The van der Waals surface area contributed by atoms with Gasteiger partial charge in [0, 0.05) is 30.9 Å². The first-order valence-electron chi connectivity index (χ1n) is 8.03. The minimum Gasteiger partial charge on any atom is -0.378 e. The molecule has 1 aromatic carbocycles. The zero-order valence-electron chi connectivity index (χ0n) is 14.3. The molecule has 0 saturated carbocycles. The summed E-state index contributed by atoms with van der Waals surface area (Å²) in [5.74, 6) is 1.08. The van der Waals surface area contributed by atoms with E-state index in [0.717, 1.165) is 18.7 Å². The monoisotopic (exact) mass is 397 g/mol. The van der Waals surface area contributed by atoms with Gasteiger partial charge in [-0.15, -0.1) is 9.89 Å². The van der Waals surface area contributed by atoms with E-state index < -0.39 is 0 Å². The molecule has 2 N–H and O–H groups in total. The third kappa shape index (κ3) is 4.71. The molecule has 26 heavy (non-hydrogen) atoms. The molecular formula is C15H20ClN7O2S. The van der Waals surface area contributed by atoms with Crippen molar-refractivity contribution in [1.82, 2.24) is 19.3 Å². The molecular weight excluding hydrogens is 378 g/mol. The number of halogens is 1. The minimum absolute atomic E-state index is 0.502. The highest BCUT2D eigenvalue weighted by Gasteiger charge is 2.19. The van der Waals surface area contributed by atoms with Crippen LogP contribution in [0.1, 0.15) is 5.56 Å². The number of benzene rings is 1. The Balaban J connectivity index is 1.76. The van der Waals surface area contributed by atoms with E-state index in [0.29, 0.717) is 43.1 Å². The van der Waals surface area contributed by atoms with E-state index in [2.05, 4.69) is 20.9 Å². The normalized spacial score (nSPS) is 14.2. The number of rotatable bonds is 8. The van der Waals surface area contributed by atoms with Crippen molar-refractivity contribution in [3.05, 3.63) is 34.9 Å². The fourth-order valence-corrected chi connectivity index (χ4v) is 2.74. The van der Waals surface area contributed by atoms with Crippen molar-refractivity contribution in [2.75, 3.05) is 48.3 Å². The first kappa shape index (κ1) is 18.6. The number of carbonyl (C=O) groups excluding carboxylic acids is 1. The van der Waals surface area contributed by atoms with Crippen molar-refractivity contribution in [3.63, 3.8) is 0 Å². The summed E-state index contributed by atoms with van der Waals surface area (Å²) < 4.78 is 6.67. The zero-order valence-corrected chi connectivity index (χ0v) is 15.8. The summed E-state index contributed by atoms with van der Waals surface area (Å²) in [6, 6.07) is 7.54. The highest BCUT2D eigenvalue weighted by Crippen LogP contribution is 2.16. The number of nitrogens with zero attached hydrogens (tertiary/aromatic N) is 5. The first-order valence-corrected chi connectivity index (χ1v) is 9.59. The molecule has 1 aliphatic rings. The molecule has 0 bridgehead atoms. The molecule has 1 aliphatic heterocycles. The average molecular weight is 398 g/mol. The van der Waals surface area contributed by atoms with E-state index in [1.54, 1.807) is 6.26 Å². The number of hydrogen-bond donors (Lipinski definition) is 2. The molecule has 1 aromatic heterocycles. The van der Waals surface area contributed by atoms with Crippen LogP contribution >= 0.6 is 23.5 Å². The van der Waals surface area contributed by atoms with E-state index in [4.69, 9.17) is 16.3 Å². The highest BCUT2D eigenvalue weighted by molar-refractivity contribution is 7.96. The summed E-state index contributed by atoms with van der Waals surface area (Å²) in [5, 5.41) is 8.39. The Morgan fingerprint density at radius 2 is 2.08 bits per heavy atom. The van der Waals surface area contributed by atoms with E-state index >= 15 is 0 Å². The van der Waals surface area contributed by atoms with Crippen molar-refractivity contribution < 1.29 is 9.53 Å². The number of ether oxygens (including phenoxy) is 1. The van der Waals surface area contributed by atoms with Crippen LogP contribution in [-0.4, -0.2) is 58.3 Å². The van der Waals surface area contributed by atoms with Crippen LogP contribution in [0.4, 0.5) is 11.9 Å². The summed E-state index contributed by atoms with van der Waals surface area (Å²) in [5.41, 5.74) is 3.93. The number of hydrazine groups is 1. The van der Waals surface area contributed by atoms with E-state index in [1.165, 1.54) is 21.2 Å². The number of aromatic nitrogens is 3. The number of carbonyl (C=O) groups is 1. The van der Waals surface area contributed by atoms with Gasteiger partial charge in [0.2, 0.25) is 18.3 Å². The Bertz CT molecular complexity index is 721. The molecule has 140 valence electrons. The Morgan fingerprint density at radius 1 is 1.35 bits per heavy atom. The number of anilines is 2. The van der Waals surface area contributed by atoms with Crippen LogP contribution in [0.2, 0.25) is 5.02 Å². The lowest BCUT2D eigenvalue weighted by Gasteiger charge is -2.25. The van der Waals surface area contributed by atoms with Crippen LogP contribution in [0, 0.1) is 0 Å². The Labute approximate surface area is 160 Å². The molecule has 0 aliphatic carbocycles. The smallest absolute Gasteiger partial charge is 0.248 e. The summed E-state index contributed by atoms with van der Waals surface area (Å²) in [6.45, 7) is 3.27. The van der Waals surface area contributed by atoms with E-state index in [-0.39, 0.29) is 0 Å². The molecule has 1 saturated heterocycles. The van der Waals surface area contributed by atoms with Crippen LogP contribution in [-0.2, 0) is 16.1 Å². The maximum atomic E-state index is 11.1. The molecule has 1 amide bonds. The van der Waals surface area contributed by atoms with E-state index in [1.807, 2.05) is 29.2 Å². The number of nitrogens with one attached hydrogen (secondary N) is 2. The molecule has 9 nitrogen and oxygen atoms in total. The molecule has 0 spiro atoms. The third-order valence-corrected chi connectivity index (χ3v) is 4.55. The van der Waals surface area contributed by atoms with Crippen molar-refractivity contribution in [3.8, 4) is 0 Å². The second kappa shape index (κ2) is 8.97. The predicted molar refractivity (Wildman–Crippen MR) is 103 cm³/mol. The quantitative estimate of drug-likeness (QED) is 0.394. The van der Waals surface area contributed by atoms with Gasteiger partial charge >= 0.3 is 0 Å². The van der Waals surface area contributed by atoms with Gasteiger partial charge < -0.3 is 15.0 Å². The fraction of sp³-hybridized carbons (Fsp3) is 0.400. The summed E-state index contributed by atoms with van der Waals surface area (Å²) in [7, 11) is 0. The van der Waals surface area contributed by atoms with Gasteiger partial charge in [-0.25, -0.2) is 5.53 Å². The lowest BCUT2D eigenvalue weighted by molar-refractivity contribution is -0.113. The standard InChI is InChI=1S/C15H20ClN7O2S/c1-26-22(11-24)20-23-14(17-10-12-2-4-13(16)5-3-12)18-15(19-23)21-6-8-25-9-7-21/h2-5,11,20H,6-10H2,1H3,(H,17,18,19). The summed E-state index contributed by atoms with van der Waals surface area (Å²) in [4.78, 5) is 19.1. The highest BCUT2D eigenvalue weighted by atomic mass is 35.5. The molecule has 1 fully saturated rings. The lowest BCUT2D eigenvalue weighted by Crippen LogP contribution is -2.37. The van der Waals surface area contributed by atoms with Gasteiger partial charge in [-0.3, -0.25) is 4.79 Å². The first-order chi connectivity index (χ1) is 12.7. The van der Waals surface area contributed by atoms with Crippen LogP contribution in [0.3, 0.4) is 0 Å². The molecule has 3 rings (SSSR count). The third-order valence-electron chi connectivity index (χ3n) is 3.74. The van der Waals surface area contributed by atoms with Crippen LogP contribution < -0.4 is 15.8 Å². The summed E-state index contributed by atoms with van der Waals surface area (Å²) in [6.07, 6.45) is 2.45. The molecule has 2 aromatic rings. The summed E-state index contributed by atoms with van der Waals surface area (Å²) >= 11 is 7.14. The minimum atomic E-state index is 0.502. The largest absolute Gasteiger partial charge is 0.378 e. The maximum Gasteiger partial charge on any atom is 0.248 e.